The molecule has 0 aliphatic heterocycles. The summed E-state index contributed by atoms with van der Waals surface area (Å²) >= 11 is 5.78. The summed E-state index contributed by atoms with van der Waals surface area (Å²) in [4.78, 5) is 35.3. The Hall–Kier alpha value is -2.08. The Morgan fingerprint density at radius 3 is 2.71 bits per heavy atom. The summed E-state index contributed by atoms with van der Waals surface area (Å²) in [5.41, 5.74) is 0.246. The number of ether oxygens (including phenoxy) is 1. The zero-order valence-electron chi connectivity index (χ0n) is 13.5. The van der Waals surface area contributed by atoms with Gasteiger partial charge in [0.05, 0.1) is 5.56 Å². The third-order valence-corrected chi connectivity index (χ3v) is 4.31. The van der Waals surface area contributed by atoms with Gasteiger partial charge < -0.3 is 10.1 Å². The van der Waals surface area contributed by atoms with E-state index in [1.54, 1.807) is 12.1 Å². The van der Waals surface area contributed by atoms with Gasteiger partial charge in [-0.3, -0.25) is 10.1 Å². The van der Waals surface area contributed by atoms with Crippen LogP contribution < -0.4 is 10.6 Å². The van der Waals surface area contributed by atoms with Gasteiger partial charge in [0, 0.05) is 11.1 Å². The lowest BCUT2D eigenvalue weighted by Crippen LogP contribution is -2.48. The third-order valence-electron chi connectivity index (χ3n) is 4.08. The highest BCUT2D eigenvalue weighted by molar-refractivity contribution is 6.30. The molecule has 1 saturated carbocycles. The summed E-state index contributed by atoms with van der Waals surface area (Å²) in [6, 6.07) is 5.72. The van der Waals surface area contributed by atoms with Crippen molar-refractivity contribution < 1.29 is 19.1 Å². The number of carbonyl (C=O) groups excluding carboxylic acids is 3. The molecule has 24 heavy (non-hydrogen) atoms. The summed E-state index contributed by atoms with van der Waals surface area (Å²) in [6.07, 6.45) is 4.21. The van der Waals surface area contributed by atoms with Crippen LogP contribution in [0.15, 0.2) is 24.3 Å². The zero-order chi connectivity index (χ0) is 17.5. The molecule has 1 fully saturated rings. The molecule has 2 rings (SSSR count). The molecular formula is C17H21ClN2O4. The number of hydrogen-bond acceptors (Lipinski definition) is 4. The highest BCUT2D eigenvalue weighted by Gasteiger charge is 2.23. The number of imide groups is 1. The van der Waals surface area contributed by atoms with Crippen LogP contribution in [0.5, 0.6) is 0 Å². The van der Waals surface area contributed by atoms with Gasteiger partial charge in [-0.1, -0.05) is 37.4 Å². The maximum atomic E-state index is 11.8. The van der Waals surface area contributed by atoms with Crippen molar-refractivity contribution in [2.75, 3.05) is 6.61 Å². The van der Waals surface area contributed by atoms with Crippen molar-refractivity contribution in [3.8, 4) is 0 Å². The monoisotopic (exact) mass is 352 g/mol. The van der Waals surface area contributed by atoms with E-state index < -0.39 is 24.5 Å². The second kappa shape index (κ2) is 8.68. The second-order valence-corrected chi connectivity index (χ2v) is 6.41. The van der Waals surface area contributed by atoms with E-state index in [0.29, 0.717) is 10.9 Å². The van der Waals surface area contributed by atoms with Gasteiger partial charge in [-0.25, -0.2) is 9.59 Å². The maximum absolute atomic E-state index is 11.8. The van der Waals surface area contributed by atoms with Crippen LogP contribution in [0.2, 0.25) is 5.02 Å². The Morgan fingerprint density at radius 1 is 1.25 bits per heavy atom. The number of hydrogen-bond donors (Lipinski definition) is 2. The molecule has 7 heteroatoms. The molecule has 6 nitrogen and oxygen atoms in total. The quantitative estimate of drug-likeness (QED) is 0.816. The summed E-state index contributed by atoms with van der Waals surface area (Å²) in [5, 5.41) is 5.37. The number of carbonyl (C=O) groups is 3. The molecule has 1 aliphatic rings. The van der Waals surface area contributed by atoms with Crippen LogP contribution in [0.4, 0.5) is 4.79 Å². The van der Waals surface area contributed by atoms with Crippen molar-refractivity contribution in [1.82, 2.24) is 10.6 Å². The van der Waals surface area contributed by atoms with Crippen LogP contribution in [0.25, 0.3) is 0 Å². The van der Waals surface area contributed by atoms with E-state index in [1.807, 2.05) is 0 Å². The molecule has 1 aromatic rings. The molecule has 130 valence electrons. The number of rotatable bonds is 4. The van der Waals surface area contributed by atoms with E-state index in [-0.39, 0.29) is 11.6 Å². The lowest BCUT2D eigenvalue weighted by molar-refractivity contribution is -0.123. The van der Waals surface area contributed by atoms with Crippen molar-refractivity contribution in [2.45, 2.75) is 38.6 Å². The molecule has 0 bridgehead atoms. The van der Waals surface area contributed by atoms with Crippen molar-refractivity contribution in [1.29, 1.82) is 0 Å². The smallest absolute Gasteiger partial charge is 0.338 e. The molecule has 1 aliphatic carbocycles. The number of amides is 3. The minimum Gasteiger partial charge on any atom is -0.452 e. The number of halogens is 1. The van der Waals surface area contributed by atoms with Crippen LogP contribution in [-0.2, 0) is 9.53 Å². The standard InChI is InChI=1S/C17H21ClN2O4/c1-11-5-2-3-8-14(11)19-17(23)20-15(21)10-24-16(22)12-6-4-7-13(18)9-12/h4,6-7,9,11,14H,2-3,5,8,10H2,1H3,(H2,19,20,21,23)/t11-,14-/m1/s1. The van der Waals surface area contributed by atoms with Crippen molar-refractivity contribution in [2.24, 2.45) is 5.92 Å². The van der Waals surface area contributed by atoms with Crippen LogP contribution in [0.3, 0.4) is 0 Å². The van der Waals surface area contributed by atoms with E-state index in [1.165, 1.54) is 18.6 Å². The first-order valence-corrected chi connectivity index (χ1v) is 8.36. The van der Waals surface area contributed by atoms with E-state index in [0.717, 1.165) is 19.3 Å². The van der Waals surface area contributed by atoms with Gasteiger partial charge in [0.1, 0.15) is 0 Å². The fraction of sp³-hybridized carbons (Fsp3) is 0.471. The first-order chi connectivity index (χ1) is 11.5. The SMILES string of the molecule is C[C@@H]1CCCC[C@H]1NC(=O)NC(=O)COC(=O)c1cccc(Cl)c1. The zero-order valence-corrected chi connectivity index (χ0v) is 14.3. The number of urea groups is 1. The Balaban J connectivity index is 1.74. The normalized spacial score (nSPS) is 20.1. The number of benzene rings is 1. The Morgan fingerprint density at radius 2 is 2.00 bits per heavy atom. The molecule has 0 radical (unpaired) electrons. The Kier molecular flexibility index (Phi) is 6.61. The largest absolute Gasteiger partial charge is 0.452 e. The molecule has 0 saturated heterocycles. The average molecular weight is 353 g/mol. The van der Waals surface area contributed by atoms with Gasteiger partial charge in [0.2, 0.25) is 0 Å². The molecule has 0 unspecified atom stereocenters. The van der Waals surface area contributed by atoms with Gasteiger partial charge in [0.25, 0.3) is 5.91 Å². The molecule has 2 N–H and O–H groups in total. The number of esters is 1. The Labute approximate surface area is 145 Å². The van der Waals surface area contributed by atoms with Crippen molar-refractivity contribution in [3.63, 3.8) is 0 Å². The molecule has 0 spiro atoms. The first-order valence-electron chi connectivity index (χ1n) is 7.98. The summed E-state index contributed by atoms with van der Waals surface area (Å²) in [5.74, 6) is -0.958. The summed E-state index contributed by atoms with van der Waals surface area (Å²) in [7, 11) is 0. The van der Waals surface area contributed by atoms with Crippen LogP contribution in [-0.4, -0.2) is 30.6 Å². The van der Waals surface area contributed by atoms with E-state index in [4.69, 9.17) is 16.3 Å². The van der Waals surface area contributed by atoms with E-state index in [9.17, 15) is 14.4 Å². The van der Waals surface area contributed by atoms with Crippen molar-refractivity contribution in [3.05, 3.63) is 34.9 Å². The van der Waals surface area contributed by atoms with Gasteiger partial charge in [-0.05, 0) is 37.0 Å². The summed E-state index contributed by atoms with van der Waals surface area (Å²) < 4.78 is 4.87. The van der Waals surface area contributed by atoms with Crippen LogP contribution in [0.1, 0.15) is 43.0 Å². The molecule has 2 atom stereocenters. The molecule has 1 aromatic carbocycles. The predicted octanol–water partition coefficient (Wildman–Crippen LogP) is 2.90. The van der Waals surface area contributed by atoms with E-state index >= 15 is 0 Å². The van der Waals surface area contributed by atoms with Crippen molar-refractivity contribution >= 4 is 29.5 Å². The fourth-order valence-corrected chi connectivity index (χ4v) is 2.92. The third kappa shape index (κ3) is 5.53. The minimum atomic E-state index is -0.675. The van der Waals surface area contributed by atoms with Crippen LogP contribution in [0, 0.1) is 5.92 Å². The maximum Gasteiger partial charge on any atom is 0.338 e. The fourth-order valence-electron chi connectivity index (χ4n) is 2.73. The number of nitrogens with one attached hydrogen (secondary N) is 2. The van der Waals surface area contributed by atoms with E-state index in [2.05, 4.69) is 17.6 Å². The van der Waals surface area contributed by atoms with Gasteiger partial charge in [-0.15, -0.1) is 0 Å². The lowest BCUT2D eigenvalue weighted by atomic mass is 9.86. The van der Waals surface area contributed by atoms with Gasteiger partial charge in [-0.2, -0.15) is 0 Å². The predicted molar refractivity (Wildman–Crippen MR) is 89.8 cm³/mol. The molecule has 0 heterocycles. The highest BCUT2D eigenvalue weighted by Crippen LogP contribution is 2.23. The molecular weight excluding hydrogens is 332 g/mol. The van der Waals surface area contributed by atoms with Gasteiger partial charge in [0.15, 0.2) is 6.61 Å². The topological polar surface area (TPSA) is 84.5 Å². The average Bonchev–Trinajstić information content (AvgIpc) is 2.54. The molecule has 0 aromatic heterocycles. The Bertz CT molecular complexity index is 620. The van der Waals surface area contributed by atoms with Crippen LogP contribution >= 0.6 is 11.6 Å². The lowest BCUT2D eigenvalue weighted by Gasteiger charge is -2.29. The highest BCUT2D eigenvalue weighted by atomic mass is 35.5. The minimum absolute atomic E-state index is 0.0700. The summed E-state index contributed by atoms with van der Waals surface area (Å²) in [6.45, 7) is 1.55. The second-order valence-electron chi connectivity index (χ2n) is 5.98. The molecule has 3 amide bonds. The first kappa shape index (κ1) is 18.3. The van der Waals surface area contributed by atoms with Gasteiger partial charge >= 0.3 is 12.0 Å².